The van der Waals surface area contributed by atoms with Crippen LogP contribution in [0.25, 0.3) is 0 Å². The smallest absolute Gasteiger partial charge is 0.00886 e. The summed E-state index contributed by atoms with van der Waals surface area (Å²) < 4.78 is 0. The quantitative estimate of drug-likeness (QED) is 0.220. The molecule has 22 heavy (non-hydrogen) atoms. The molecule has 0 bridgehead atoms. The first-order valence-corrected chi connectivity index (χ1v) is 9.81. The standard InChI is InChI=1S/C22H38/c1-3-5-7-9-11-13-15-17-19-21-22-20-18-16-14-12-10-8-6-4-2/h1H,4-19,21H2,2H3. The molecule has 0 aromatic carbocycles. The minimum atomic E-state index is 0.953. The highest BCUT2D eigenvalue weighted by Crippen LogP contribution is 2.10. The zero-order valence-electron chi connectivity index (χ0n) is 15.1. The van der Waals surface area contributed by atoms with Gasteiger partial charge in [0.05, 0.1) is 0 Å². The maximum atomic E-state index is 5.24. The van der Waals surface area contributed by atoms with E-state index in [1.54, 1.807) is 0 Å². The molecule has 0 heterocycles. The van der Waals surface area contributed by atoms with Gasteiger partial charge in [-0.05, 0) is 19.3 Å². The summed E-state index contributed by atoms with van der Waals surface area (Å²) in [5, 5.41) is 0. The van der Waals surface area contributed by atoms with Crippen molar-refractivity contribution >= 4 is 0 Å². The summed E-state index contributed by atoms with van der Waals surface area (Å²) in [5.41, 5.74) is 0. The summed E-state index contributed by atoms with van der Waals surface area (Å²) in [5.74, 6) is 9.39. The van der Waals surface area contributed by atoms with Gasteiger partial charge in [-0.3, -0.25) is 0 Å². The van der Waals surface area contributed by atoms with Gasteiger partial charge in [-0.1, -0.05) is 77.6 Å². The normalized spacial score (nSPS) is 10.0. The first-order valence-electron chi connectivity index (χ1n) is 9.81. The second-order valence-electron chi connectivity index (χ2n) is 6.40. The van der Waals surface area contributed by atoms with E-state index >= 15 is 0 Å². The summed E-state index contributed by atoms with van der Waals surface area (Å²) in [6.45, 7) is 2.27. The molecule has 0 saturated carbocycles. The summed E-state index contributed by atoms with van der Waals surface area (Å²) in [6.07, 6.45) is 27.3. The van der Waals surface area contributed by atoms with Gasteiger partial charge in [0, 0.05) is 19.3 Å². The van der Waals surface area contributed by atoms with Crippen LogP contribution < -0.4 is 0 Å². The fourth-order valence-electron chi connectivity index (χ4n) is 2.67. The predicted molar refractivity (Wildman–Crippen MR) is 101 cm³/mol. The van der Waals surface area contributed by atoms with Crippen molar-refractivity contribution in [2.75, 3.05) is 0 Å². The highest BCUT2D eigenvalue weighted by molar-refractivity contribution is 4.98. The third-order valence-corrected chi connectivity index (χ3v) is 4.15. The fraction of sp³-hybridized carbons (Fsp3) is 0.818. The Bertz CT molecular complexity index is 296. The van der Waals surface area contributed by atoms with Crippen molar-refractivity contribution in [1.82, 2.24) is 0 Å². The van der Waals surface area contributed by atoms with Gasteiger partial charge in [-0.15, -0.1) is 24.2 Å². The van der Waals surface area contributed by atoms with E-state index in [-0.39, 0.29) is 0 Å². The van der Waals surface area contributed by atoms with Crippen molar-refractivity contribution < 1.29 is 0 Å². The highest BCUT2D eigenvalue weighted by Gasteiger charge is 1.91. The minimum Gasteiger partial charge on any atom is -0.120 e. The van der Waals surface area contributed by atoms with Crippen molar-refractivity contribution in [3.05, 3.63) is 0 Å². The number of rotatable bonds is 15. The molecule has 0 fully saturated rings. The summed E-state index contributed by atoms with van der Waals surface area (Å²) in [6, 6.07) is 0. The van der Waals surface area contributed by atoms with Crippen LogP contribution in [0.15, 0.2) is 0 Å². The number of hydrogen-bond donors (Lipinski definition) is 0. The number of terminal acetylenes is 1. The highest BCUT2D eigenvalue weighted by atomic mass is 14.0. The monoisotopic (exact) mass is 302 g/mol. The van der Waals surface area contributed by atoms with Gasteiger partial charge in [0.2, 0.25) is 0 Å². The van der Waals surface area contributed by atoms with Crippen LogP contribution in [-0.2, 0) is 0 Å². The molecular weight excluding hydrogens is 264 g/mol. The van der Waals surface area contributed by atoms with Gasteiger partial charge in [-0.25, -0.2) is 0 Å². The molecule has 0 aliphatic heterocycles. The Balaban J connectivity index is 3.08. The second kappa shape index (κ2) is 20.1. The largest absolute Gasteiger partial charge is 0.120 e. The average molecular weight is 303 g/mol. The zero-order chi connectivity index (χ0) is 16.1. The van der Waals surface area contributed by atoms with E-state index in [9.17, 15) is 0 Å². The maximum absolute atomic E-state index is 5.24. The fourth-order valence-corrected chi connectivity index (χ4v) is 2.67. The summed E-state index contributed by atoms with van der Waals surface area (Å²) in [4.78, 5) is 0. The molecule has 0 N–H and O–H groups in total. The molecule has 0 heteroatoms. The van der Waals surface area contributed by atoms with Crippen molar-refractivity contribution in [3.8, 4) is 24.2 Å². The van der Waals surface area contributed by atoms with Crippen LogP contribution in [0.5, 0.6) is 0 Å². The van der Waals surface area contributed by atoms with Crippen molar-refractivity contribution in [1.29, 1.82) is 0 Å². The van der Waals surface area contributed by atoms with Gasteiger partial charge in [0.1, 0.15) is 0 Å². The Kier molecular flexibility index (Phi) is 19.3. The Morgan fingerprint density at radius 2 is 0.864 bits per heavy atom. The van der Waals surface area contributed by atoms with Crippen LogP contribution >= 0.6 is 0 Å². The number of unbranched alkanes of at least 4 members (excludes halogenated alkanes) is 15. The molecule has 0 amide bonds. The Morgan fingerprint density at radius 1 is 0.500 bits per heavy atom. The van der Waals surface area contributed by atoms with Gasteiger partial charge in [0.25, 0.3) is 0 Å². The minimum absolute atomic E-state index is 0.953. The molecule has 0 aliphatic rings. The third kappa shape index (κ3) is 19.1. The van der Waals surface area contributed by atoms with Crippen molar-refractivity contribution in [2.45, 2.75) is 116 Å². The van der Waals surface area contributed by atoms with Crippen LogP contribution in [-0.4, -0.2) is 0 Å². The molecule has 0 spiro atoms. The van der Waals surface area contributed by atoms with Crippen LogP contribution in [0.2, 0.25) is 0 Å². The molecule has 0 radical (unpaired) electrons. The van der Waals surface area contributed by atoms with Gasteiger partial charge < -0.3 is 0 Å². The van der Waals surface area contributed by atoms with E-state index in [2.05, 4.69) is 24.7 Å². The molecule has 0 unspecified atom stereocenters. The Hall–Kier alpha value is -0.880. The maximum Gasteiger partial charge on any atom is 0.00886 e. The first kappa shape index (κ1) is 21.1. The molecule has 0 aliphatic carbocycles. The molecule has 0 atom stereocenters. The Labute approximate surface area is 140 Å². The molecule has 0 rings (SSSR count). The molecular formula is C22H38. The average Bonchev–Trinajstić information content (AvgIpc) is 2.54. The number of hydrogen-bond acceptors (Lipinski definition) is 0. The Morgan fingerprint density at radius 3 is 1.27 bits per heavy atom. The molecule has 126 valence electrons. The lowest BCUT2D eigenvalue weighted by atomic mass is 10.1. The van der Waals surface area contributed by atoms with Crippen molar-refractivity contribution in [2.24, 2.45) is 0 Å². The predicted octanol–water partition coefficient (Wildman–Crippen LogP) is 7.27. The third-order valence-electron chi connectivity index (χ3n) is 4.15. The lowest BCUT2D eigenvalue weighted by Crippen LogP contribution is -1.81. The topological polar surface area (TPSA) is 0 Å². The van der Waals surface area contributed by atoms with Gasteiger partial charge in [-0.2, -0.15) is 0 Å². The molecule has 0 aromatic heterocycles. The van der Waals surface area contributed by atoms with E-state index in [1.165, 1.54) is 89.9 Å². The second-order valence-corrected chi connectivity index (χ2v) is 6.40. The summed E-state index contributed by atoms with van der Waals surface area (Å²) in [7, 11) is 0. The van der Waals surface area contributed by atoms with E-state index in [0.29, 0.717) is 0 Å². The zero-order valence-corrected chi connectivity index (χ0v) is 15.1. The van der Waals surface area contributed by atoms with Crippen LogP contribution in [0.3, 0.4) is 0 Å². The van der Waals surface area contributed by atoms with Crippen molar-refractivity contribution in [3.63, 3.8) is 0 Å². The first-order chi connectivity index (χ1) is 10.9. The SMILES string of the molecule is C#CCCCCCCCCCC#CCCCCCCCCC. The lowest BCUT2D eigenvalue weighted by molar-refractivity contribution is 0.586. The van der Waals surface area contributed by atoms with Gasteiger partial charge >= 0.3 is 0 Å². The van der Waals surface area contributed by atoms with Crippen LogP contribution in [0.4, 0.5) is 0 Å². The van der Waals surface area contributed by atoms with E-state index < -0.39 is 0 Å². The van der Waals surface area contributed by atoms with E-state index in [4.69, 9.17) is 6.42 Å². The van der Waals surface area contributed by atoms with E-state index in [1.807, 2.05) is 0 Å². The lowest BCUT2D eigenvalue weighted by Gasteiger charge is -1.99. The van der Waals surface area contributed by atoms with Gasteiger partial charge in [0.15, 0.2) is 0 Å². The van der Waals surface area contributed by atoms with E-state index in [0.717, 1.165) is 19.3 Å². The van der Waals surface area contributed by atoms with Crippen LogP contribution in [0, 0.1) is 24.2 Å². The summed E-state index contributed by atoms with van der Waals surface area (Å²) >= 11 is 0. The molecule has 0 saturated heterocycles. The van der Waals surface area contributed by atoms with Crippen LogP contribution in [0.1, 0.15) is 116 Å². The molecule has 0 aromatic rings. The molecule has 0 nitrogen and oxygen atoms in total.